The van der Waals surface area contributed by atoms with Crippen molar-refractivity contribution in [3.63, 3.8) is 0 Å². The van der Waals surface area contributed by atoms with E-state index in [2.05, 4.69) is 4.90 Å². The first-order valence-electron chi connectivity index (χ1n) is 13.1. The number of hydrogen-bond donors (Lipinski definition) is 0. The normalized spacial score (nSPS) is 16.9. The number of piperazine rings is 1. The molecule has 9 nitrogen and oxygen atoms in total. The lowest BCUT2D eigenvalue weighted by Crippen LogP contribution is -2.47. The smallest absolute Gasteiger partial charge is 0.409 e. The van der Waals surface area contributed by atoms with Gasteiger partial charge in [0.25, 0.3) is 5.91 Å². The molecule has 3 aromatic rings. The minimum atomic E-state index is -0.509. The molecular weight excluding hydrogens is 562 g/mol. The van der Waals surface area contributed by atoms with Gasteiger partial charge in [0.05, 0.1) is 17.0 Å². The second kappa shape index (κ2) is 13.2. The highest BCUT2D eigenvalue weighted by Crippen LogP contribution is 2.34. The quantitative estimate of drug-likeness (QED) is 0.157. The average molecular weight is 592 g/mol. The highest BCUT2D eigenvalue weighted by molar-refractivity contribution is 8.26. The summed E-state index contributed by atoms with van der Waals surface area (Å²) in [4.78, 5) is 43.4. The monoisotopic (exact) mass is 591 g/mol. The van der Waals surface area contributed by atoms with Gasteiger partial charge in [-0.15, -0.1) is 0 Å². The van der Waals surface area contributed by atoms with E-state index in [0.29, 0.717) is 45.9 Å². The van der Waals surface area contributed by atoms with Gasteiger partial charge in [-0.05, 0) is 36.9 Å². The van der Waals surface area contributed by atoms with Crippen LogP contribution in [-0.4, -0.2) is 83.4 Å². The van der Waals surface area contributed by atoms with E-state index in [1.807, 2.05) is 37.4 Å². The van der Waals surface area contributed by atoms with Crippen LogP contribution in [0, 0.1) is 0 Å². The Morgan fingerprint density at radius 2 is 1.66 bits per heavy atom. The number of esters is 1. The third kappa shape index (κ3) is 7.24. The van der Waals surface area contributed by atoms with Crippen LogP contribution in [0.25, 0.3) is 17.4 Å². The molecule has 11 heteroatoms. The Bertz CT molecular complexity index is 1450. The number of rotatable bonds is 8. The number of carbonyl (C=O) groups is 3. The Hall–Kier alpha value is -3.93. The van der Waals surface area contributed by atoms with Gasteiger partial charge in [-0.3, -0.25) is 9.69 Å². The van der Waals surface area contributed by atoms with Crippen LogP contribution < -0.4 is 0 Å². The first kappa shape index (κ1) is 28.6. The maximum atomic E-state index is 12.9. The standard InChI is InChI=1S/C30H29N3O6S2/c1-31-13-15-32(16-14-31)29(36)38-18-17-37-28(35)23-9-7-22(8-10-23)25-12-11-24(39-25)19-26-27(34)33(30(40)41-26)20-21-5-3-2-4-6-21/h2-12,19H,13-18,20H2,1H3/b26-19+. The van der Waals surface area contributed by atoms with Gasteiger partial charge >= 0.3 is 12.1 Å². The first-order valence-corrected chi connectivity index (χ1v) is 14.4. The maximum absolute atomic E-state index is 12.9. The van der Waals surface area contributed by atoms with Crippen molar-refractivity contribution in [1.82, 2.24) is 14.7 Å². The van der Waals surface area contributed by atoms with Crippen LogP contribution in [-0.2, 0) is 20.8 Å². The summed E-state index contributed by atoms with van der Waals surface area (Å²) in [6, 6.07) is 20.1. The van der Waals surface area contributed by atoms with Gasteiger partial charge in [0.2, 0.25) is 0 Å². The van der Waals surface area contributed by atoms with E-state index in [1.54, 1.807) is 52.3 Å². The number of ether oxygens (including phenoxy) is 2. The number of thiocarbonyl (C=S) groups is 1. The molecule has 2 fully saturated rings. The van der Waals surface area contributed by atoms with Crippen molar-refractivity contribution in [1.29, 1.82) is 0 Å². The fourth-order valence-corrected chi connectivity index (χ4v) is 5.55. The molecular formula is C30H29N3O6S2. The number of benzene rings is 2. The highest BCUT2D eigenvalue weighted by atomic mass is 32.2. The van der Waals surface area contributed by atoms with Crippen molar-refractivity contribution in [2.75, 3.05) is 46.4 Å². The Kier molecular flexibility index (Phi) is 9.17. The summed E-state index contributed by atoms with van der Waals surface area (Å²) in [6.07, 6.45) is 1.30. The first-order chi connectivity index (χ1) is 19.9. The summed E-state index contributed by atoms with van der Waals surface area (Å²) in [5.41, 5.74) is 2.13. The number of thioether (sulfide) groups is 1. The maximum Gasteiger partial charge on any atom is 0.409 e. The zero-order valence-corrected chi connectivity index (χ0v) is 24.1. The van der Waals surface area contributed by atoms with Gasteiger partial charge in [-0.2, -0.15) is 0 Å². The summed E-state index contributed by atoms with van der Waals surface area (Å²) in [6.45, 7) is 3.23. The molecule has 212 valence electrons. The molecule has 0 saturated carbocycles. The molecule has 0 aliphatic carbocycles. The number of nitrogens with zero attached hydrogens (tertiary/aromatic N) is 3. The number of hydrogen-bond acceptors (Lipinski definition) is 9. The molecule has 2 saturated heterocycles. The Balaban J connectivity index is 1.12. The van der Waals surface area contributed by atoms with E-state index in [-0.39, 0.29) is 19.1 Å². The van der Waals surface area contributed by atoms with Crippen LogP contribution in [0.4, 0.5) is 4.79 Å². The SMILES string of the molecule is CN1CCN(C(=O)OCCOC(=O)c2ccc(-c3ccc(/C=C4/SC(=S)N(Cc5ccccc5)C4=O)o3)cc2)CC1. The zero-order valence-electron chi connectivity index (χ0n) is 22.5. The van der Waals surface area contributed by atoms with Crippen LogP contribution in [0.15, 0.2) is 76.1 Å². The van der Waals surface area contributed by atoms with Crippen molar-refractivity contribution < 1.29 is 28.3 Å². The Labute approximate surface area is 247 Å². The second-order valence-corrected chi connectivity index (χ2v) is 11.2. The zero-order chi connectivity index (χ0) is 28.8. The van der Waals surface area contributed by atoms with Crippen LogP contribution in [0.2, 0.25) is 0 Å². The number of likely N-dealkylation sites (N-methyl/N-ethyl adjacent to an activating group) is 1. The third-order valence-corrected chi connectivity index (χ3v) is 8.04. The van der Waals surface area contributed by atoms with Gasteiger partial charge in [-0.1, -0.05) is 66.4 Å². The number of carbonyl (C=O) groups excluding carboxylic acids is 3. The predicted octanol–water partition coefficient (Wildman–Crippen LogP) is 4.89. The van der Waals surface area contributed by atoms with Gasteiger partial charge in [-0.25, -0.2) is 9.59 Å². The lowest BCUT2D eigenvalue weighted by atomic mass is 10.1. The molecule has 0 spiro atoms. The van der Waals surface area contributed by atoms with E-state index < -0.39 is 12.1 Å². The van der Waals surface area contributed by atoms with Crippen molar-refractivity contribution >= 4 is 52.3 Å². The molecule has 2 aromatic carbocycles. The van der Waals surface area contributed by atoms with Gasteiger partial charge in [0, 0.05) is 37.8 Å². The molecule has 2 amide bonds. The fourth-order valence-electron chi connectivity index (χ4n) is 4.31. The van der Waals surface area contributed by atoms with Crippen LogP contribution >= 0.6 is 24.0 Å². The molecule has 0 unspecified atom stereocenters. The summed E-state index contributed by atoms with van der Waals surface area (Å²) >= 11 is 6.68. The molecule has 3 heterocycles. The molecule has 0 bridgehead atoms. The van der Waals surface area contributed by atoms with Crippen molar-refractivity contribution in [2.24, 2.45) is 0 Å². The highest BCUT2D eigenvalue weighted by Gasteiger charge is 2.32. The fraction of sp³-hybridized carbons (Fsp3) is 0.267. The average Bonchev–Trinajstić information content (AvgIpc) is 3.56. The van der Waals surface area contributed by atoms with E-state index in [9.17, 15) is 14.4 Å². The lowest BCUT2D eigenvalue weighted by molar-refractivity contribution is -0.122. The number of amides is 2. The Morgan fingerprint density at radius 3 is 2.39 bits per heavy atom. The Morgan fingerprint density at radius 1 is 0.951 bits per heavy atom. The topological polar surface area (TPSA) is 92.5 Å². The molecule has 0 N–H and O–H groups in total. The summed E-state index contributed by atoms with van der Waals surface area (Å²) in [5.74, 6) is 0.449. The van der Waals surface area contributed by atoms with Crippen LogP contribution in [0.3, 0.4) is 0 Å². The second-order valence-electron chi connectivity index (χ2n) is 9.57. The molecule has 2 aliphatic heterocycles. The van der Waals surface area contributed by atoms with Gasteiger partial charge in [0.15, 0.2) is 0 Å². The third-order valence-electron chi connectivity index (χ3n) is 6.67. The van der Waals surface area contributed by atoms with E-state index in [1.165, 1.54) is 11.8 Å². The van der Waals surface area contributed by atoms with Crippen LogP contribution in [0.5, 0.6) is 0 Å². The molecule has 0 radical (unpaired) electrons. The molecule has 0 atom stereocenters. The van der Waals surface area contributed by atoms with Crippen molar-refractivity contribution in [2.45, 2.75) is 6.54 Å². The molecule has 41 heavy (non-hydrogen) atoms. The summed E-state index contributed by atoms with van der Waals surface area (Å²) in [5, 5.41) is 0. The number of furan rings is 1. The minimum Gasteiger partial charge on any atom is -0.458 e. The van der Waals surface area contributed by atoms with Gasteiger partial charge < -0.3 is 23.7 Å². The largest absolute Gasteiger partial charge is 0.458 e. The predicted molar refractivity (Wildman–Crippen MR) is 160 cm³/mol. The van der Waals surface area contributed by atoms with Crippen molar-refractivity contribution in [3.8, 4) is 11.3 Å². The van der Waals surface area contributed by atoms with E-state index >= 15 is 0 Å². The van der Waals surface area contributed by atoms with E-state index in [4.69, 9.17) is 26.1 Å². The lowest BCUT2D eigenvalue weighted by Gasteiger charge is -2.31. The van der Waals surface area contributed by atoms with Gasteiger partial charge in [0.1, 0.15) is 29.1 Å². The molecule has 1 aromatic heterocycles. The van der Waals surface area contributed by atoms with Crippen LogP contribution in [0.1, 0.15) is 21.7 Å². The summed E-state index contributed by atoms with van der Waals surface area (Å²) in [7, 11) is 2.01. The molecule has 2 aliphatic rings. The minimum absolute atomic E-state index is 0.00476. The van der Waals surface area contributed by atoms with Crippen molar-refractivity contribution in [3.05, 3.63) is 88.5 Å². The molecule has 5 rings (SSSR count). The summed E-state index contributed by atoms with van der Waals surface area (Å²) < 4.78 is 16.9. The van der Waals surface area contributed by atoms with E-state index in [0.717, 1.165) is 24.2 Å².